The standard InChI is InChI=1S/C11H21N3O/c1-2-14-11(15)5-8-13(14)7-4-10-3-6-12-9-10/h10,12H,2-9H2,1H3. The summed E-state index contributed by atoms with van der Waals surface area (Å²) < 4.78 is 0. The molecule has 86 valence electrons. The van der Waals surface area contributed by atoms with Gasteiger partial charge in [-0.15, -0.1) is 0 Å². The fraction of sp³-hybridized carbons (Fsp3) is 0.909. The number of carbonyl (C=O) groups excluding carboxylic acids is 1. The van der Waals surface area contributed by atoms with Gasteiger partial charge in [-0.2, -0.15) is 0 Å². The normalized spacial score (nSPS) is 27.9. The van der Waals surface area contributed by atoms with E-state index in [0.717, 1.165) is 32.1 Å². The van der Waals surface area contributed by atoms with Crippen LogP contribution in [0.5, 0.6) is 0 Å². The van der Waals surface area contributed by atoms with E-state index in [0.29, 0.717) is 12.3 Å². The monoisotopic (exact) mass is 211 g/mol. The molecule has 2 aliphatic rings. The SMILES string of the molecule is CCN1C(=O)CCN1CCC1CCNC1. The number of carbonyl (C=O) groups is 1. The van der Waals surface area contributed by atoms with Crippen molar-refractivity contribution in [1.82, 2.24) is 15.3 Å². The number of hydrogen-bond donors (Lipinski definition) is 1. The third-order valence-electron chi connectivity index (χ3n) is 3.47. The van der Waals surface area contributed by atoms with Crippen LogP contribution in [0.15, 0.2) is 0 Å². The quantitative estimate of drug-likeness (QED) is 0.733. The minimum absolute atomic E-state index is 0.294. The lowest BCUT2D eigenvalue weighted by Gasteiger charge is -2.27. The summed E-state index contributed by atoms with van der Waals surface area (Å²) in [5.74, 6) is 1.11. The van der Waals surface area contributed by atoms with Gasteiger partial charge in [0.05, 0.1) is 0 Å². The highest BCUT2D eigenvalue weighted by Gasteiger charge is 2.27. The molecule has 2 aliphatic heterocycles. The van der Waals surface area contributed by atoms with E-state index in [-0.39, 0.29) is 0 Å². The van der Waals surface area contributed by atoms with Crippen LogP contribution in [0.4, 0.5) is 0 Å². The Kier molecular flexibility index (Phi) is 3.59. The molecule has 0 radical (unpaired) electrons. The molecule has 0 aliphatic carbocycles. The fourth-order valence-electron chi connectivity index (χ4n) is 2.53. The van der Waals surface area contributed by atoms with Crippen molar-refractivity contribution in [2.24, 2.45) is 5.92 Å². The topological polar surface area (TPSA) is 35.6 Å². The maximum Gasteiger partial charge on any atom is 0.238 e. The van der Waals surface area contributed by atoms with E-state index in [4.69, 9.17) is 0 Å². The molecule has 0 bridgehead atoms. The molecule has 0 aromatic carbocycles. The zero-order chi connectivity index (χ0) is 10.7. The first kappa shape index (κ1) is 10.9. The van der Waals surface area contributed by atoms with Gasteiger partial charge in [-0.25, -0.2) is 5.01 Å². The molecule has 4 nitrogen and oxygen atoms in total. The Balaban J connectivity index is 1.76. The molecule has 1 atom stereocenters. The first-order valence-electron chi connectivity index (χ1n) is 6.07. The van der Waals surface area contributed by atoms with Crippen molar-refractivity contribution in [2.75, 3.05) is 32.7 Å². The highest BCUT2D eigenvalue weighted by molar-refractivity contribution is 5.77. The van der Waals surface area contributed by atoms with Crippen LogP contribution in [-0.4, -0.2) is 48.6 Å². The van der Waals surface area contributed by atoms with E-state index in [9.17, 15) is 4.79 Å². The van der Waals surface area contributed by atoms with Crippen molar-refractivity contribution in [1.29, 1.82) is 0 Å². The Morgan fingerprint density at radius 1 is 1.53 bits per heavy atom. The minimum Gasteiger partial charge on any atom is -0.316 e. The van der Waals surface area contributed by atoms with Gasteiger partial charge in [0.25, 0.3) is 0 Å². The van der Waals surface area contributed by atoms with Gasteiger partial charge < -0.3 is 5.32 Å². The Labute approximate surface area is 91.6 Å². The molecule has 2 heterocycles. The molecule has 0 spiro atoms. The second kappa shape index (κ2) is 4.94. The number of hydrazine groups is 1. The minimum atomic E-state index is 0.294. The Hall–Kier alpha value is -0.610. The molecule has 0 aromatic rings. The maximum atomic E-state index is 11.5. The molecule has 2 fully saturated rings. The summed E-state index contributed by atoms with van der Waals surface area (Å²) in [6.45, 7) is 7.17. The van der Waals surface area contributed by atoms with Crippen LogP contribution >= 0.6 is 0 Å². The van der Waals surface area contributed by atoms with E-state index in [2.05, 4.69) is 10.3 Å². The molecule has 0 aromatic heterocycles. The molecular weight excluding hydrogens is 190 g/mol. The van der Waals surface area contributed by atoms with Gasteiger partial charge >= 0.3 is 0 Å². The molecule has 15 heavy (non-hydrogen) atoms. The lowest BCUT2D eigenvalue weighted by Crippen LogP contribution is -2.39. The van der Waals surface area contributed by atoms with E-state index in [1.54, 1.807) is 0 Å². The lowest BCUT2D eigenvalue weighted by atomic mass is 10.1. The van der Waals surface area contributed by atoms with Crippen LogP contribution < -0.4 is 5.32 Å². The zero-order valence-electron chi connectivity index (χ0n) is 9.54. The highest BCUT2D eigenvalue weighted by Crippen LogP contribution is 2.17. The Morgan fingerprint density at radius 2 is 2.40 bits per heavy atom. The van der Waals surface area contributed by atoms with Crippen LogP contribution in [0.25, 0.3) is 0 Å². The van der Waals surface area contributed by atoms with Crippen molar-refractivity contribution in [3.05, 3.63) is 0 Å². The van der Waals surface area contributed by atoms with Crippen molar-refractivity contribution < 1.29 is 4.79 Å². The smallest absolute Gasteiger partial charge is 0.238 e. The number of nitrogens with zero attached hydrogens (tertiary/aromatic N) is 2. The summed E-state index contributed by atoms with van der Waals surface area (Å²) in [6, 6.07) is 0. The number of rotatable bonds is 4. The van der Waals surface area contributed by atoms with Gasteiger partial charge in [-0.05, 0) is 38.8 Å². The molecular formula is C11H21N3O. The van der Waals surface area contributed by atoms with E-state index >= 15 is 0 Å². The maximum absolute atomic E-state index is 11.5. The Morgan fingerprint density at radius 3 is 3.07 bits per heavy atom. The van der Waals surface area contributed by atoms with Crippen molar-refractivity contribution in [3.8, 4) is 0 Å². The first-order valence-corrected chi connectivity index (χ1v) is 6.07. The second-order valence-corrected chi connectivity index (χ2v) is 4.46. The van der Waals surface area contributed by atoms with E-state index in [1.807, 2.05) is 11.9 Å². The van der Waals surface area contributed by atoms with E-state index < -0.39 is 0 Å². The third kappa shape index (κ3) is 2.49. The fourth-order valence-corrected chi connectivity index (χ4v) is 2.53. The molecule has 2 rings (SSSR count). The van der Waals surface area contributed by atoms with Gasteiger partial charge in [-0.1, -0.05) is 0 Å². The van der Waals surface area contributed by atoms with Gasteiger partial charge in [0.15, 0.2) is 0 Å². The molecule has 1 N–H and O–H groups in total. The van der Waals surface area contributed by atoms with Gasteiger partial charge in [0.1, 0.15) is 0 Å². The van der Waals surface area contributed by atoms with E-state index in [1.165, 1.54) is 19.4 Å². The van der Waals surface area contributed by atoms with Gasteiger partial charge in [0, 0.05) is 26.1 Å². The first-order chi connectivity index (χ1) is 7.31. The number of amides is 1. The van der Waals surface area contributed by atoms with Crippen molar-refractivity contribution >= 4 is 5.91 Å². The molecule has 2 saturated heterocycles. The highest BCUT2D eigenvalue weighted by atomic mass is 16.2. The predicted octanol–water partition coefficient (Wildman–Crippen LogP) is 0.455. The predicted molar refractivity (Wildman–Crippen MR) is 59.2 cm³/mol. The molecule has 0 saturated carbocycles. The second-order valence-electron chi connectivity index (χ2n) is 4.46. The van der Waals surface area contributed by atoms with Gasteiger partial charge in [-0.3, -0.25) is 9.80 Å². The number of hydrogen-bond acceptors (Lipinski definition) is 3. The molecule has 4 heteroatoms. The summed E-state index contributed by atoms with van der Waals surface area (Å²) in [7, 11) is 0. The van der Waals surface area contributed by atoms with Crippen LogP contribution in [0.2, 0.25) is 0 Å². The van der Waals surface area contributed by atoms with Gasteiger partial charge in [0.2, 0.25) is 5.91 Å². The molecule has 1 amide bonds. The third-order valence-corrected chi connectivity index (χ3v) is 3.47. The average molecular weight is 211 g/mol. The van der Waals surface area contributed by atoms with Crippen LogP contribution in [0, 0.1) is 5.92 Å². The van der Waals surface area contributed by atoms with Crippen molar-refractivity contribution in [2.45, 2.75) is 26.2 Å². The summed E-state index contributed by atoms with van der Waals surface area (Å²) in [5.41, 5.74) is 0. The summed E-state index contributed by atoms with van der Waals surface area (Å²) in [5, 5.41) is 7.51. The largest absolute Gasteiger partial charge is 0.316 e. The summed E-state index contributed by atoms with van der Waals surface area (Å²) in [4.78, 5) is 11.5. The van der Waals surface area contributed by atoms with Crippen LogP contribution in [0.3, 0.4) is 0 Å². The number of nitrogens with one attached hydrogen (secondary N) is 1. The summed E-state index contributed by atoms with van der Waals surface area (Å²) in [6.07, 6.45) is 3.22. The zero-order valence-corrected chi connectivity index (χ0v) is 9.54. The van der Waals surface area contributed by atoms with Crippen LogP contribution in [0.1, 0.15) is 26.2 Å². The summed E-state index contributed by atoms with van der Waals surface area (Å²) >= 11 is 0. The lowest BCUT2D eigenvalue weighted by molar-refractivity contribution is -0.137. The van der Waals surface area contributed by atoms with Crippen LogP contribution in [-0.2, 0) is 4.79 Å². The average Bonchev–Trinajstić information content (AvgIpc) is 2.84. The molecule has 1 unspecified atom stereocenters. The van der Waals surface area contributed by atoms with Crippen molar-refractivity contribution in [3.63, 3.8) is 0 Å². The Bertz CT molecular complexity index is 226.